The second kappa shape index (κ2) is 20.4. The van der Waals surface area contributed by atoms with Gasteiger partial charge in [0.05, 0.1) is 12.6 Å². The Morgan fingerprint density at radius 1 is 0.500 bits per heavy atom. The fourth-order valence-corrected chi connectivity index (χ4v) is 11.6. The van der Waals surface area contributed by atoms with Gasteiger partial charge in [0.15, 0.2) is 0 Å². The first kappa shape index (κ1) is 49.0. The second-order valence-electron chi connectivity index (χ2n) is 21.5. The summed E-state index contributed by atoms with van der Waals surface area (Å²) in [4.78, 5) is 68.2. The molecule has 0 saturated heterocycles. The van der Waals surface area contributed by atoms with Gasteiger partial charge in [0, 0.05) is 44.6 Å². The van der Waals surface area contributed by atoms with Crippen LogP contribution in [-0.4, -0.2) is 50.1 Å². The van der Waals surface area contributed by atoms with Gasteiger partial charge in [-0.1, -0.05) is 171 Å². The quantitative estimate of drug-likeness (QED) is 0.0234. The molecule has 0 radical (unpaired) electrons. The molecule has 0 bridgehead atoms. The standard InChI is InChI=1S/C62H71N3O5/c1-9-11-13-15-20-24-44(25-21-16-14-12-10-2)64-60(68)51-36-32-47-45-30-34-49-55-50(35-31-46(53(45)55)48-33-37-52(61(64)69)56(51)54(47)48)59(67)63(58(49)66)38-41-26-28-42(29-27-41)40(5)70-65(62(6,7)8)57(39(3)4)43-22-18-17-19-23-43/h17-19,22-23,26-37,39-40,44,57H,9-16,20-21,24-25,38H2,1-8H3. The number of amides is 4. The van der Waals surface area contributed by atoms with Crippen LogP contribution in [0, 0.1) is 5.92 Å². The zero-order valence-electron chi connectivity index (χ0n) is 42.7. The Bertz CT molecular complexity index is 2920. The lowest BCUT2D eigenvalue weighted by Crippen LogP contribution is -2.47. The topological polar surface area (TPSA) is 87.2 Å². The van der Waals surface area contributed by atoms with Crippen LogP contribution in [0.15, 0.2) is 103 Å². The Hall–Kier alpha value is -5.96. The van der Waals surface area contributed by atoms with Crippen molar-refractivity contribution in [3.8, 4) is 0 Å². The van der Waals surface area contributed by atoms with Crippen LogP contribution >= 0.6 is 0 Å². The maximum absolute atomic E-state index is 14.7. The molecule has 0 N–H and O–H groups in total. The molecule has 0 saturated carbocycles. The molecule has 8 heteroatoms. The van der Waals surface area contributed by atoms with E-state index in [2.05, 4.69) is 84.7 Å². The van der Waals surface area contributed by atoms with Gasteiger partial charge in [-0.2, -0.15) is 5.06 Å². The Kier molecular flexibility index (Phi) is 14.3. The third-order valence-electron chi connectivity index (χ3n) is 15.1. The van der Waals surface area contributed by atoms with Gasteiger partial charge in [0.2, 0.25) is 0 Å². The van der Waals surface area contributed by atoms with Crippen molar-refractivity contribution in [2.45, 2.75) is 163 Å². The molecule has 70 heavy (non-hydrogen) atoms. The summed E-state index contributed by atoms with van der Waals surface area (Å²) in [6, 6.07) is 33.9. The predicted molar refractivity (Wildman–Crippen MR) is 284 cm³/mol. The number of rotatable bonds is 21. The van der Waals surface area contributed by atoms with Gasteiger partial charge in [-0.3, -0.25) is 33.8 Å². The fraction of sp³-hybridized carbons (Fsp3) is 0.419. The average molecular weight is 938 g/mol. The number of nitrogens with zero attached hydrogens (tertiary/aromatic N) is 3. The Labute approximate surface area is 414 Å². The number of fused-ring (bicyclic) bond motifs is 2. The van der Waals surface area contributed by atoms with Crippen LogP contribution in [0.4, 0.5) is 0 Å². The maximum Gasteiger partial charge on any atom is 0.261 e. The minimum atomic E-state index is -0.332. The number of hydroxylamine groups is 2. The molecule has 2 unspecified atom stereocenters. The van der Waals surface area contributed by atoms with Crippen LogP contribution in [0.25, 0.3) is 43.1 Å². The molecule has 7 aromatic carbocycles. The van der Waals surface area contributed by atoms with Crippen LogP contribution in [0.3, 0.4) is 0 Å². The second-order valence-corrected chi connectivity index (χ2v) is 21.5. The lowest BCUT2D eigenvalue weighted by atomic mass is 9.82. The van der Waals surface area contributed by atoms with Gasteiger partial charge in [0.25, 0.3) is 23.6 Å². The number of carbonyl (C=O) groups is 4. The highest BCUT2D eigenvalue weighted by atomic mass is 16.7. The summed E-state index contributed by atoms with van der Waals surface area (Å²) >= 11 is 0. The monoisotopic (exact) mass is 938 g/mol. The summed E-state index contributed by atoms with van der Waals surface area (Å²) < 4.78 is 0. The normalized spacial score (nSPS) is 15.1. The molecule has 7 aromatic rings. The smallest absolute Gasteiger partial charge is 0.261 e. The van der Waals surface area contributed by atoms with Crippen LogP contribution in [0.2, 0.25) is 0 Å². The largest absolute Gasteiger partial charge is 0.290 e. The van der Waals surface area contributed by atoms with Gasteiger partial charge in [-0.25, -0.2) is 0 Å². The van der Waals surface area contributed by atoms with E-state index in [9.17, 15) is 19.2 Å². The van der Waals surface area contributed by atoms with Crippen molar-refractivity contribution in [3.05, 3.63) is 142 Å². The lowest BCUT2D eigenvalue weighted by Gasteiger charge is -2.44. The van der Waals surface area contributed by atoms with E-state index in [-0.39, 0.29) is 53.9 Å². The summed E-state index contributed by atoms with van der Waals surface area (Å²) in [5.41, 5.74) is 4.86. The van der Waals surface area contributed by atoms with Crippen LogP contribution in [0.1, 0.15) is 203 Å². The van der Waals surface area contributed by atoms with Crippen molar-refractivity contribution in [1.82, 2.24) is 14.9 Å². The number of hydrogen-bond acceptors (Lipinski definition) is 6. The van der Waals surface area contributed by atoms with Crippen LogP contribution in [-0.2, 0) is 11.4 Å². The molecule has 8 nitrogen and oxygen atoms in total. The van der Waals surface area contributed by atoms with Crippen molar-refractivity contribution >= 4 is 66.7 Å². The van der Waals surface area contributed by atoms with Crippen molar-refractivity contribution < 1.29 is 24.0 Å². The molecule has 2 heterocycles. The first-order valence-electron chi connectivity index (χ1n) is 26.3. The average Bonchev–Trinajstić information content (AvgIpc) is 3.35. The molecule has 4 amide bonds. The Morgan fingerprint density at radius 2 is 0.943 bits per heavy atom. The number of imide groups is 2. The molecule has 0 aromatic heterocycles. The summed E-state index contributed by atoms with van der Waals surface area (Å²) in [7, 11) is 0. The number of carbonyl (C=O) groups excluding carboxylic acids is 4. The Balaban J connectivity index is 0.992. The molecule has 9 rings (SSSR count). The molecule has 364 valence electrons. The highest BCUT2D eigenvalue weighted by molar-refractivity contribution is 6.41. The molecule has 0 fully saturated rings. The molecule has 2 aliphatic rings. The van der Waals surface area contributed by atoms with E-state index >= 15 is 0 Å². The maximum atomic E-state index is 14.7. The van der Waals surface area contributed by atoms with E-state index < -0.39 is 0 Å². The van der Waals surface area contributed by atoms with Gasteiger partial charge < -0.3 is 0 Å². The number of benzene rings is 7. The van der Waals surface area contributed by atoms with Crippen molar-refractivity contribution in [3.63, 3.8) is 0 Å². The van der Waals surface area contributed by atoms with Gasteiger partial charge >= 0.3 is 0 Å². The zero-order chi connectivity index (χ0) is 49.4. The zero-order valence-corrected chi connectivity index (χ0v) is 42.7. The SMILES string of the molecule is CCCCCCCC(CCCCCCC)N1C(=O)c2ccc3c4ccc5c6c(ccc(c7ccc(c2c37)C1=O)c64)C(=O)N(Cc1ccc(C(C)ON(C(c2ccccc2)C(C)C)C(C)(C)C)cc1)C5=O. The molecule has 0 aliphatic carbocycles. The third kappa shape index (κ3) is 9.02. The third-order valence-corrected chi connectivity index (χ3v) is 15.1. The van der Waals surface area contributed by atoms with E-state index in [4.69, 9.17) is 4.84 Å². The highest BCUT2D eigenvalue weighted by Crippen LogP contribution is 2.47. The van der Waals surface area contributed by atoms with E-state index in [0.717, 1.165) is 82.0 Å². The summed E-state index contributed by atoms with van der Waals surface area (Å²) in [6.07, 6.45) is 12.7. The van der Waals surface area contributed by atoms with Gasteiger partial charge in [-0.15, -0.1) is 0 Å². The first-order chi connectivity index (χ1) is 33.7. The lowest BCUT2D eigenvalue weighted by molar-refractivity contribution is -0.272. The van der Waals surface area contributed by atoms with Crippen molar-refractivity contribution in [2.24, 2.45) is 5.92 Å². The predicted octanol–water partition coefficient (Wildman–Crippen LogP) is 15.7. The number of hydrogen-bond donors (Lipinski definition) is 0. The van der Waals surface area contributed by atoms with Crippen LogP contribution in [0.5, 0.6) is 0 Å². The highest BCUT2D eigenvalue weighted by Gasteiger charge is 2.40. The van der Waals surface area contributed by atoms with Gasteiger partial charge in [-0.05, 0) is 120 Å². The first-order valence-corrected chi connectivity index (χ1v) is 26.3. The van der Waals surface area contributed by atoms with E-state index in [0.29, 0.717) is 38.9 Å². The van der Waals surface area contributed by atoms with Gasteiger partial charge in [0.1, 0.15) is 6.10 Å². The minimum absolute atomic E-state index is 0.0433. The van der Waals surface area contributed by atoms with Crippen molar-refractivity contribution in [2.75, 3.05) is 0 Å². The molecule has 0 spiro atoms. The summed E-state index contributed by atoms with van der Waals surface area (Å²) in [5, 5.41) is 8.79. The molecule has 2 aliphatic heterocycles. The molecular formula is C62H71N3O5. The summed E-state index contributed by atoms with van der Waals surface area (Å²) in [5.74, 6) is -0.776. The van der Waals surface area contributed by atoms with E-state index in [1.54, 1.807) is 4.90 Å². The van der Waals surface area contributed by atoms with Crippen molar-refractivity contribution in [1.29, 1.82) is 0 Å². The van der Waals surface area contributed by atoms with Crippen LogP contribution < -0.4 is 0 Å². The van der Waals surface area contributed by atoms with E-state index in [1.165, 1.54) is 49.0 Å². The molecular weight excluding hydrogens is 867 g/mol. The summed E-state index contributed by atoms with van der Waals surface area (Å²) in [6.45, 7) is 17.6. The molecule has 2 atom stereocenters. The minimum Gasteiger partial charge on any atom is -0.290 e. The number of unbranched alkanes of at least 4 members (excludes halogenated alkanes) is 8. The fourth-order valence-electron chi connectivity index (χ4n) is 11.6. The van der Waals surface area contributed by atoms with E-state index in [1.807, 2.05) is 78.9 Å². The Morgan fingerprint density at radius 3 is 1.37 bits per heavy atom.